The minimum absolute atomic E-state index is 0.000943. The molecule has 2 saturated carbocycles. The van der Waals surface area contributed by atoms with E-state index < -0.39 is 4.92 Å². The van der Waals surface area contributed by atoms with Crippen LogP contribution in [0.3, 0.4) is 0 Å². The fraction of sp³-hybridized carbons (Fsp3) is 0.400. The van der Waals surface area contributed by atoms with Crippen LogP contribution in [0, 0.1) is 27.4 Å². The number of carbonyl (C=O) groups excluding carboxylic acids is 1. The number of fused-ring (bicyclic) bond motifs is 1. The average Bonchev–Trinajstić information content (AvgIpc) is 3.03. The Morgan fingerprint density at radius 3 is 2.89 bits per heavy atom. The van der Waals surface area contributed by atoms with Crippen LogP contribution in [0.15, 0.2) is 44.3 Å². The Labute approximate surface area is 170 Å². The largest absolute Gasteiger partial charge is 0.455 e. The van der Waals surface area contributed by atoms with Gasteiger partial charge in [0.05, 0.1) is 11.1 Å². The molecule has 1 amide bonds. The van der Waals surface area contributed by atoms with Gasteiger partial charge in [-0.05, 0) is 58.3 Å². The van der Waals surface area contributed by atoms with Gasteiger partial charge in [-0.25, -0.2) is 5.43 Å². The SMILES string of the molecule is CC12CCCCC1C2C(=O)N/N=C/c1ccc(-c2ccc([N+](=O)[O-])cc2Br)o1. The predicted octanol–water partition coefficient (Wildman–Crippen LogP) is 4.89. The molecular formula is C20H20BrN3O4. The molecule has 1 aromatic heterocycles. The molecule has 3 atom stereocenters. The van der Waals surface area contributed by atoms with Gasteiger partial charge in [0.1, 0.15) is 11.5 Å². The van der Waals surface area contributed by atoms with Crippen molar-refractivity contribution in [3.8, 4) is 11.3 Å². The molecule has 1 heterocycles. The van der Waals surface area contributed by atoms with Crippen LogP contribution in [0.4, 0.5) is 5.69 Å². The maximum atomic E-state index is 12.4. The molecule has 2 aliphatic carbocycles. The summed E-state index contributed by atoms with van der Waals surface area (Å²) in [4.78, 5) is 22.8. The van der Waals surface area contributed by atoms with E-state index in [1.165, 1.54) is 31.2 Å². The van der Waals surface area contributed by atoms with E-state index in [2.05, 4.69) is 33.4 Å². The Balaban J connectivity index is 1.40. The second-order valence-corrected chi connectivity index (χ2v) is 8.55. The molecule has 7 nitrogen and oxygen atoms in total. The third-order valence-electron chi connectivity index (χ3n) is 6.04. The van der Waals surface area contributed by atoms with Crippen LogP contribution < -0.4 is 5.43 Å². The van der Waals surface area contributed by atoms with Crippen molar-refractivity contribution in [2.45, 2.75) is 32.6 Å². The Morgan fingerprint density at radius 2 is 2.21 bits per heavy atom. The van der Waals surface area contributed by atoms with Gasteiger partial charge in [0, 0.05) is 28.1 Å². The van der Waals surface area contributed by atoms with E-state index in [4.69, 9.17) is 4.42 Å². The zero-order chi connectivity index (χ0) is 19.9. The number of nitrogens with one attached hydrogen (secondary N) is 1. The highest BCUT2D eigenvalue weighted by Crippen LogP contribution is 2.66. The summed E-state index contributed by atoms with van der Waals surface area (Å²) in [6, 6.07) is 7.97. The average molecular weight is 446 g/mol. The van der Waals surface area contributed by atoms with E-state index >= 15 is 0 Å². The molecule has 0 radical (unpaired) electrons. The Kier molecular flexibility index (Phi) is 4.82. The summed E-state index contributed by atoms with van der Waals surface area (Å²) in [5.74, 6) is 1.58. The third kappa shape index (κ3) is 3.37. The molecular weight excluding hydrogens is 426 g/mol. The van der Waals surface area contributed by atoms with Crippen molar-refractivity contribution in [3.63, 3.8) is 0 Å². The highest BCUT2D eigenvalue weighted by molar-refractivity contribution is 9.10. The number of hydrazone groups is 1. The van der Waals surface area contributed by atoms with E-state index in [1.807, 2.05) is 0 Å². The molecule has 2 aromatic rings. The molecule has 8 heteroatoms. The second kappa shape index (κ2) is 7.16. The van der Waals surface area contributed by atoms with Gasteiger partial charge in [0.15, 0.2) is 0 Å². The summed E-state index contributed by atoms with van der Waals surface area (Å²) < 4.78 is 6.29. The summed E-state index contributed by atoms with van der Waals surface area (Å²) in [5.41, 5.74) is 3.49. The normalized spacial score (nSPS) is 26.1. The predicted molar refractivity (Wildman–Crippen MR) is 108 cm³/mol. The van der Waals surface area contributed by atoms with Gasteiger partial charge in [-0.1, -0.05) is 19.8 Å². The summed E-state index contributed by atoms with van der Waals surface area (Å²) >= 11 is 3.34. The van der Waals surface area contributed by atoms with Crippen molar-refractivity contribution in [3.05, 3.63) is 50.7 Å². The monoisotopic (exact) mass is 445 g/mol. The summed E-state index contributed by atoms with van der Waals surface area (Å²) in [6.45, 7) is 2.20. The van der Waals surface area contributed by atoms with Gasteiger partial charge in [-0.2, -0.15) is 5.10 Å². The number of hydrogen-bond acceptors (Lipinski definition) is 5. The van der Waals surface area contributed by atoms with Crippen LogP contribution >= 0.6 is 15.9 Å². The van der Waals surface area contributed by atoms with Gasteiger partial charge in [-0.15, -0.1) is 0 Å². The zero-order valence-electron chi connectivity index (χ0n) is 15.4. The quantitative estimate of drug-likeness (QED) is 0.402. The van der Waals surface area contributed by atoms with Crippen molar-refractivity contribution < 1.29 is 14.1 Å². The van der Waals surface area contributed by atoms with E-state index in [0.717, 1.165) is 12.8 Å². The minimum atomic E-state index is -0.451. The second-order valence-electron chi connectivity index (χ2n) is 7.69. The van der Waals surface area contributed by atoms with Gasteiger partial charge >= 0.3 is 0 Å². The highest BCUT2D eigenvalue weighted by atomic mass is 79.9. The van der Waals surface area contributed by atoms with Gasteiger partial charge in [0.2, 0.25) is 5.91 Å². The third-order valence-corrected chi connectivity index (χ3v) is 6.69. The van der Waals surface area contributed by atoms with Crippen LogP contribution in [0.1, 0.15) is 38.4 Å². The van der Waals surface area contributed by atoms with Gasteiger partial charge in [0.25, 0.3) is 5.69 Å². The van der Waals surface area contributed by atoms with Crippen LogP contribution in [-0.2, 0) is 4.79 Å². The van der Waals surface area contributed by atoms with Crippen molar-refractivity contribution in [2.24, 2.45) is 22.4 Å². The summed E-state index contributed by atoms with van der Waals surface area (Å²) in [5, 5.41) is 14.9. The molecule has 0 saturated heterocycles. The number of halogens is 1. The molecule has 4 rings (SSSR count). The molecule has 0 bridgehead atoms. The first kappa shape index (κ1) is 18.9. The number of nitro benzene ring substituents is 1. The zero-order valence-corrected chi connectivity index (χ0v) is 16.9. The number of hydrogen-bond donors (Lipinski definition) is 1. The summed E-state index contributed by atoms with van der Waals surface area (Å²) in [7, 11) is 0. The minimum Gasteiger partial charge on any atom is -0.455 e. The lowest BCUT2D eigenvalue weighted by Crippen LogP contribution is -2.22. The van der Waals surface area contributed by atoms with Crippen molar-refractivity contribution in [2.75, 3.05) is 0 Å². The Hall–Kier alpha value is -2.48. The van der Waals surface area contributed by atoms with Crippen molar-refractivity contribution >= 4 is 33.7 Å². The van der Waals surface area contributed by atoms with E-state index in [-0.39, 0.29) is 22.9 Å². The van der Waals surface area contributed by atoms with Crippen LogP contribution in [0.25, 0.3) is 11.3 Å². The van der Waals surface area contributed by atoms with Gasteiger partial charge in [-0.3, -0.25) is 14.9 Å². The molecule has 1 N–H and O–H groups in total. The molecule has 3 unspecified atom stereocenters. The molecule has 2 aliphatic rings. The number of nitrogens with zero attached hydrogens (tertiary/aromatic N) is 2. The number of benzene rings is 1. The first-order valence-electron chi connectivity index (χ1n) is 9.27. The number of furan rings is 1. The molecule has 0 spiro atoms. The fourth-order valence-electron chi connectivity index (χ4n) is 4.46. The lowest BCUT2D eigenvalue weighted by molar-refractivity contribution is -0.384. The Bertz CT molecular complexity index is 970. The maximum Gasteiger partial charge on any atom is 0.270 e. The van der Waals surface area contributed by atoms with E-state index in [9.17, 15) is 14.9 Å². The first-order chi connectivity index (χ1) is 13.4. The number of carbonyl (C=O) groups is 1. The fourth-order valence-corrected chi connectivity index (χ4v) is 5.03. The topological polar surface area (TPSA) is 97.7 Å². The van der Waals surface area contributed by atoms with E-state index in [1.54, 1.807) is 18.2 Å². The standard InChI is InChI=1S/C20H20BrN3O4/c1-20-9-3-2-4-15(20)18(20)19(25)23-22-11-13-6-8-17(28-13)14-7-5-12(24(26)27)10-16(14)21/h5-8,10-11,15,18H,2-4,9H2,1H3,(H,23,25)/b22-11+. The highest BCUT2D eigenvalue weighted by Gasteiger charge is 2.64. The Morgan fingerprint density at radius 1 is 1.39 bits per heavy atom. The van der Waals surface area contributed by atoms with Gasteiger partial charge < -0.3 is 4.42 Å². The smallest absolute Gasteiger partial charge is 0.270 e. The first-order valence-corrected chi connectivity index (χ1v) is 10.1. The molecule has 146 valence electrons. The molecule has 0 aliphatic heterocycles. The number of amides is 1. The van der Waals surface area contributed by atoms with Crippen LogP contribution in [-0.4, -0.2) is 17.0 Å². The number of non-ortho nitro benzene ring substituents is 1. The summed E-state index contributed by atoms with van der Waals surface area (Å²) in [6.07, 6.45) is 6.12. The molecule has 28 heavy (non-hydrogen) atoms. The maximum absolute atomic E-state index is 12.4. The molecule has 1 aromatic carbocycles. The number of rotatable bonds is 5. The number of nitro groups is 1. The lowest BCUT2D eigenvalue weighted by Gasteiger charge is -2.15. The van der Waals surface area contributed by atoms with E-state index in [0.29, 0.717) is 27.5 Å². The van der Waals surface area contributed by atoms with Crippen LogP contribution in [0.2, 0.25) is 0 Å². The van der Waals surface area contributed by atoms with Crippen LogP contribution in [0.5, 0.6) is 0 Å². The van der Waals surface area contributed by atoms with Crippen molar-refractivity contribution in [1.82, 2.24) is 5.43 Å². The lowest BCUT2D eigenvalue weighted by atomic mass is 9.90. The van der Waals surface area contributed by atoms with Crippen molar-refractivity contribution in [1.29, 1.82) is 0 Å². The molecule has 2 fully saturated rings.